The van der Waals surface area contributed by atoms with Crippen LogP contribution in [-0.4, -0.2) is 32.6 Å². The molecule has 148 valence electrons. The smallest absolute Gasteiger partial charge is 0.307 e. The zero-order chi connectivity index (χ0) is 20.4. The molecule has 2 rings (SSSR count). The molecule has 0 bridgehead atoms. The Bertz CT molecular complexity index is 833. The first-order valence-corrected chi connectivity index (χ1v) is 9.39. The van der Waals surface area contributed by atoms with Crippen LogP contribution in [-0.2, 0) is 20.9 Å². The maximum atomic E-state index is 11.8. The third-order valence-corrected chi connectivity index (χ3v) is 4.31. The van der Waals surface area contributed by atoms with E-state index >= 15 is 0 Å². The van der Waals surface area contributed by atoms with Gasteiger partial charge < -0.3 is 19.5 Å². The maximum absolute atomic E-state index is 11.8. The molecule has 2 aromatic carbocycles. The molecule has 0 saturated carbocycles. The van der Waals surface area contributed by atoms with Gasteiger partial charge in [0.2, 0.25) is 5.91 Å². The van der Waals surface area contributed by atoms with Crippen molar-refractivity contribution in [2.45, 2.75) is 13.0 Å². The summed E-state index contributed by atoms with van der Waals surface area (Å²) >= 11 is 3.40. The minimum Gasteiger partial charge on any atom is -0.493 e. The first kappa shape index (κ1) is 21.5. The third kappa shape index (κ3) is 7.08. The van der Waals surface area contributed by atoms with Gasteiger partial charge >= 0.3 is 5.97 Å². The molecule has 0 spiro atoms. The van der Waals surface area contributed by atoms with Gasteiger partial charge in [-0.3, -0.25) is 9.59 Å². The van der Waals surface area contributed by atoms with Crippen molar-refractivity contribution in [2.75, 3.05) is 20.8 Å². The molecule has 0 aliphatic carbocycles. The number of carbonyl (C=O) groups excluding carboxylic acids is 2. The van der Waals surface area contributed by atoms with Crippen molar-refractivity contribution in [3.63, 3.8) is 0 Å². The van der Waals surface area contributed by atoms with E-state index in [-0.39, 0.29) is 24.8 Å². The van der Waals surface area contributed by atoms with Gasteiger partial charge in [-0.15, -0.1) is 0 Å². The molecule has 7 heteroatoms. The van der Waals surface area contributed by atoms with Gasteiger partial charge in [0.15, 0.2) is 11.5 Å². The predicted molar refractivity (Wildman–Crippen MR) is 110 cm³/mol. The van der Waals surface area contributed by atoms with Gasteiger partial charge in [-0.1, -0.05) is 34.1 Å². The quantitative estimate of drug-likeness (QED) is 0.468. The van der Waals surface area contributed by atoms with Crippen molar-refractivity contribution in [1.82, 2.24) is 5.32 Å². The maximum Gasteiger partial charge on any atom is 0.307 e. The number of hydrogen-bond donors (Lipinski definition) is 1. The average molecular weight is 448 g/mol. The Labute approximate surface area is 172 Å². The van der Waals surface area contributed by atoms with Crippen LogP contribution in [0.5, 0.6) is 11.5 Å². The topological polar surface area (TPSA) is 73.9 Å². The molecule has 28 heavy (non-hydrogen) atoms. The molecule has 0 heterocycles. The van der Waals surface area contributed by atoms with Gasteiger partial charge in [0.05, 0.1) is 20.6 Å². The molecule has 0 aliphatic heterocycles. The molecule has 0 aromatic heterocycles. The molecule has 2 aromatic rings. The molecule has 0 radical (unpaired) electrons. The van der Waals surface area contributed by atoms with E-state index in [0.29, 0.717) is 18.1 Å². The van der Waals surface area contributed by atoms with Gasteiger partial charge in [0.25, 0.3) is 0 Å². The van der Waals surface area contributed by atoms with Crippen LogP contribution in [0.1, 0.15) is 17.5 Å². The zero-order valence-corrected chi connectivity index (χ0v) is 17.3. The summed E-state index contributed by atoms with van der Waals surface area (Å²) in [6.45, 7) is 0.642. The highest BCUT2D eigenvalue weighted by Gasteiger charge is 2.06. The highest BCUT2D eigenvalue weighted by molar-refractivity contribution is 9.10. The van der Waals surface area contributed by atoms with Crippen LogP contribution in [0.4, 0.5) is 0 Å². The van der Waals surface area contributed by atoms with Gasteiger partial charge in [-0.25, -0.2) is 0 Å². The van der Waals surface area contributed by atoms with Crippen molar-refractivity contribution in [3.05, 3.63) is 64.1 Å². The van der Waals surface area contributed by atoms with Crippen molar-refractivity contribution in [2.24, 2.45) is 0 Å². The number of halogens is 1. The molecule has 0 atom stereocenters. The lowest BCUT2D eigenvalue weighted by Crippen LogP contribution is -2.24. The number of rotatable bonds is 9. The van der Waals surface area contributed by atoms with Crippen molar-refractivity contribution >= 4 is 33.9 Å². The fourth-order valence-corrected chi connectivity index (χ4v) is 2.53. The lowest BCUT2D eigenvalue weighted by atomic mass is 10.2. The number of methoxy groups -OCH3 is 2. The normalized spacial score (nSPS) is 10.5. The Morgan fingerprint density at radius 1 is 1.07 bits per heavy atom. The predicted octanol–water partition coefficient (Wildman–Crippen LogP) is 3.73. The molecular weight excluding hydrogens is 426 g/mol. The molecule has 0 fully saturated rings. The van der Waals surface area contributed by atoms with Crippen LogP contribution in [0.15, 0.2) is 53.0 Å². The number of ether oxygens (including phenoxy) is 3. The van der Waals surface area contributed by atoms with Crippen LogP contribution in [0.25, 0.3) is 6.08 Å². The van der Waals surface area contributed by atoms with Crippen LogP contribution >= 0.6 is 15.9 Å². The standard InChI is InChI=1S/C21H22BrNO5/c1-26-19-13-15(6-10-20(24)23-12-11-21(25)27-2)5-9-18(19)28-14-16-3-7-17(22)8-4-16/h3-10,13H,11-12,14H2,1-2H3,(H,23,24)/b10-6+. The Morgan fingerprint density at radius 3 is 2.50 bits per heavy atom. The summed E-state index contributed by atoms with van der Waals surface area (Å²) in [7, 11) is 2.87. The van der Waals surface area contributed by atoms with Crippen molar-refractivity contribution in [3.8, 4) is 11.5 Å². The van der Waals surface area contributed by atoms with E-state index in [2.05, 4.69) is 26.0 Å². The van der Waals surface area contributed by atoms with Crippen LogP contribution in [0, 0.1) is 0 Å². The zero-order valence-electron chi connectivity index (χ0n) is 15.7. The first-order chi connectivity index (χ1) is 13.5. The Balaban J connectivity index is 1.93. The first-order valence-electron chi connectivity index (χ1n) is 8.60. The van der Waals surface area contributed by atoms with Crippen molar-refractivity contribution in [1.29, 1.82) is 0 Å². The molecule has 0 saturated heterocycles. The second-order valence-electron chi connectivity index (χ2n) is 5.78. The summed E-state index contributed by atoms with van der Waals surface area (Å²) < 4.78 is 16.7. The lowest BCUT2D eigenvalue weighted by molar-refractivity contribution is -0.140. The summed E-state index contributed by atoms with van der Waals surface area (Å²) in [6, 6.07) is 13.3. The largest absolute Gasteiger partial charge is 0.493 e. The van der Waals surface area contributed by atoms with E-state index in [1.807, 2.05) is 30.3 Å². The van der Waals surface area contributed by atoms with Crippen LogP contribution in [0.2, 0.25) is 0 Å². The number of esters is 1. The fraction of sp³-hybridized carbons (Fsp3) is 0.238. The Hall–Kier alpha value is -2.80. The number of amides is 1. The summed E-state index contributed by atoms with van der Waals surface area (Å²) in [5, 5.41) is 2.61. The minimum absolute atomic E-state index is 0.133. The SMILES string of the molecule is COC(=O)CCNC(=O)/C=C/c1ccc(OCc2ccc(Br)cc2)c(OC)c1. The Morgan fingerprint density at radius 2 is 1.82 bits per heavy atom. The van der Waals surface area contributed by atoms with E-state index in [4.69, 9.17) is 9.47 Å². The van der Waals surface area contributed by atoms with E-state index in [1.54, 1.807) is 25.3 Å². The van der Waals surface area contributed by atoms with Crippen LogP contribution in [0.3, 0.4) is 0 Å². The average Bonchev–Trinajstić information content (AvgIpc) is 2.71. The summed E-state index contributed by atoms with van der Waals surface area (Å²) in [6.07, 6.45) is 3.19. The summed E-state index contributed by atoms with van der Waals surface area (Å²) in [5.74, 6) is 0.529. The molecular formula is C21H22BrNO5. The lowest BCUT2D eigenvalue weighted by Gasteiger charge is -2.11. The fourth-order valence-electron chi connectivity index (χ4n) is 2.27. The second-order valence-corrected chi connectivity index (χ2v) is 6.69. The monoisotopic (exact) mass is 447 g/mol. The van der Waals surface area contributed by atoms with Crippen LogP contribution < -0.4 is 14.8 Å². The van der Waals surface area contributed by atoms with Gasteiger partial charge in [-0.2, -0.15) is 0 Å². The highest BCUT2D eigenvalue weighted by Crippen LogP contribution is 2.29. The number of carbonyl (C=O) groups is 2. The van der Waals surface area contributed by atoms with E-state index in [9.17, 15) is 9.59 Å². The molecule has 0 unspecified atom stereocenters. The van der Waals surface area contributed by atoms with E-state index in [0.717, 1.165) is 15.6 Å². The molecule has 1 amide bonds. The van der Waals surface area contributed by atoms with Gasteiger partial charge in [0, 0.05) is 17.1 Å². The Kier molecular flexibility index (Phi) is 8.55. The molecule has 1 N–H and O–H groups in total. The van der Waals surface area contributed by atoms with Gasteiger partial charge in [-0.05, 0) is 41.5 Å². The number of nitrogens with one attached hydrogen (secondary N) is 1. The summed E-state index contributed by atoms with van der Waals surface area (Å²) in [5.41, 5.74) is 1.83. The molecule has 6 nitrogen and oxygen atoms in total. The van der Waals surface area contributed by atoms with E-state index in [1.165, 1.54) is 13.2 Å². The number of benzene rings is 2. The van der Waals surface area contributed by atoms with Crippen molar-refractivity contribution < 1.29 is 23.8 Å². The second kappa shape index (κ2) is 11.1. The summed E-state index contributed by atoms with van der Waals surface area (Å²) in [4.78, 5) is 22.8. The molecule has 0 aliphatic rings. The third-order valence-electron chi connectivity index (χ3n) is 3.78. The van der Waals surface area contributed by atoms with E-state index < -0.39 is 0 Å². The minimum atomic E-state index is -0.368. The van der Waals surface area contributed by atoms with Gasteiger partial charge in [0.1, 0.15) is 6.61 Å². The number of hydrogen-bond acceptors (Lipinski definition) is 5. The highest BCUT2D eigenvalue weighted by atomic mass is 79.9.